The van der Waals surface area contributed by atoms with Crippen LogP contribution in [-0.2, 0) is 14.8 Å². The quantitative estimate of drug-likeness (QED) is 0.457. The first kappa shape index (κ1) is 22.8. The Morgan fingerprint density at radius 1 is 1.03 bits per heavy atom. The van der Waals surface area contributed by atoms with Gasteiger partial charge in [0.2, 0.25) is 16.0 Å². The second-order valence-electron chi connectivity index (χ2n) is 7.20. The van der Waals surface area contributed by atoms with E-state index in [-0.39, 0.29) is 4.90 Å². The molecule has 1 aliphatic heterocycles. The molecule has 0 saturated carbocycles. The molecule has 0 amide bonds. The van der Waals surface area contributed by atoms with Crippen molar-refractivity contribution in [3.63, 3.8) is 0 Å². The monoisotopic (exact) mass is 470 g/mol. The standard InChI is InChI=1S/C22H26N6O4S/c1-23-33(29,30)20-6-4-3-5-18(20)25-21-9-10-24-22(27-21)26-17-8-7-16(15-19(17)31-2)28-11-13-32-14-12-28/h3-10,15,23H,11-14H2,1-2H3,(H2,24,25,26,27). The van der Waals surface area contributed by atoms with Gasteiger partial charge in [-0.05, 0) is 37.4 Å². The highest BCUT2D eigenvalue weighted by molar-refractivity contribution is 7.89. The Balaban J connectivity index is 1.55. The van der Waals surface area contributed by atoms with Gasteiger partial charge in [-0.1, -0.05) is 12.1 Å². The van der Waals surface area contributed by atoms with Crippen LogP contribution >= 0.6 is 0 Å². The van der Waals surface area contributed by atoms with Crippen molar-refractivity contribution in [2.45, 2.75) is 4.90 Å². The number of nitrogens with zero attached hydrogens (tertiary/aromatic N) is 3. The Hall–Kier alpha value is -3.41. The van der Waals surface area contributed by atoms with E-state index in [4.69, 9.17) is 9.47 Å². The fraction of sp³-hybridized carbons (Fsp3) is 0.273. The molecular formula is C22H26N6O4S. The van der Waals surface area contributed by atoms with E-state index in [9.17, 15) is 8.42 Å². The van der Waals surface area contributed by atoms with Crippen LogP contribution in [0.4, 0.5) is 28.8 Å². The highest BCUT2D eigenvalue weighted by Gasteiger charge is 2.17. The maximum Gasteiger partial charge on any atom is 0.242 e. The first-order valence-corrected chi connectivity index (χ1v) is 11.9. The predicted octanol–water partition coefficient (Wildman–Crippen LogP) is 2.72. The summed E-state index contributed by atoms with van der Waals surface area (Å²) in [6.45, 7) is 3.07. The Morgan fingerprint density at radius 2 is 1.82 bits per heavy atom. The van der Waals surface area contributed by atoms with E-state index in [0.717, 1.165) is 18.8 Å². The molecule has 1 fully saturated rings. The average Bonchev–Trinajstić information content (AvgIpc) is 2.85. The smallest absolute Gasteiger partial charge is 0.242 e. The number of hydrogen-bond acceptors (Lipinski definition) is 9. The third-order valence-electron chi connectivity index (χ3n) is 5.17. The van der Waals surface area contributed by atoms with E-state index in [2.05, 4.69) is 30.2 Å². The van der Waals surface area contributed by atoms with Gasteiger partial charge in [0, 0.05) is 31.0 Å². The predicted molar refractivity (Wildman–Crippen MR) is 127 cm³/mol. The van der Waals surface area contributed by atoms with Crippen molar-refractivity contribution in [3.05, 3.63) is 54.7 Å². The largest absolute Gasteiger partial charge is 0.494 e. The molecule has 10 nitrogen and oxygen atoms in total. The number of benzene rings is 2. The number of para-hydroxylation sites is 1. The molecule has 2 aromatic carbocycles. The molecule has 33 heavy (non-hydrogen) atoms. The van der Waals surface area contributed by atoms with Crippen molar-refractivity contribution in [3.8, 4) is 5.75 Å². The van der Waals surface area contributed by atoms with Crippen molar-refractivity contribution in [2.75, 3.05) is 56.0 Å². The van der Waals surface area contributed by atoms with Crippen LogP contribution in [0.1, 0.15) is 0 Å². The minimum Gasteiger partial charge on any atom is -0.494 e. The van der Waals surface area contributed by atoms with Crippen LogP contribution in [-0.4, -0.2) is 58.8 Å². The molecule has 0 spiro atoms. The lowest BCUT2D eigenvalue weighted by atomic mass is 10.2. The number of nitrogens with one attached hydrogen (secondary N) is 3. The molecule has 2 heterocycles. The summed E-state index contributed by atoms with van der Waals surface area (Å²) in [4.78, 5) is 11.1. The topological polar surface area (TPSA) is 118 Å². The highest BCUT2D eigenvalue weighted by atomic mass is 32.2. The molecule has 0 atom stereocenters. The van der Waals surface area contributed by atoms with Crippen LogP contribution in [0.5, 0.6) is 5.75 Å². The summed E-state index contributed by atoms with van der Waals surface area (Å²) >= 11 is 0. The number of rotatable bonds is 8. The summed E-state index contributed by atoms with van der Waals surface area (Å²) in [5, 5.41) is 6.23. The number of anilines is 5. The van der Waals surface area contributed by atoms with E-state index in [1.165, 1.54) is 13.1 Å². The maximum atomic E-state index is 12.3. The summed E-state index contributed by atoms with van der Waals surface area (Å²) in [5.41, 5.74) is 2.17. The molecular weight excluding hydrogens is 444 g/mol. The van der Waals surface area contributed by atoms with Gasteiger partial charge in [-0.15, -0.1) is 0 Å². The van der Waals surface area contributed by atoms with E-state index < -0.39 is 10.0 Å². The molecule has 1 aromatic heterocycles. The number of morpholine rings is 1. The molecule has 4 rings (SSSR count). The maximum absolute atomic E-state index is 12.3. The zero-order valence-electron chi connectivity index (χ0n) is 18.4. The fourth-order valence-corrected chi connectivity index (χ4v) is 4.35. The van der Waals surface area contributed by atoms with Gasteiger partial charge in [-0.2, -0.15) is 4.98 Å². The normalized spacial score (nSPS) is 14.1. The zero-order chi connectivity index (χ0) is 23.3. The second kappa shape index (κ2) is 10.0. The van der Waals surface area contributed by atoms with E-state index in [1.54, 1.807) is 37.6 Å². The van der Waals surface area contributed by atoms with Crippen molar-refractivity contribution in [1.82, 2.24) is 14.7 Å². The van der Waals surface area contributed by atoms with Crippen LogP contribution in [0.3, 0.4) is 0 Å². The van der Waals surface area contributed by atoms with Crippen LogP contribution in [0.2, 0.25) is 0 Å². The molecule has 0 aliphatic carbocycles. The summed E-state index contributed by atoms with van der Waals surface area (Å²) in [6, 6.07) is 14.2. The molecule has 0 radical (unpaired) electrons. The van der Waals surface area contributed by atoms with Gasteiger partial charge in [-0.3, -0.25) is 0 Å². The molecule has 3 N–H and O–H groups in total. The van der Waals surface area contributed by atoms with Crippen LogP contribution in [0, 0.1) is 0 Å². The van der Waals surface area contributed by atoms with Crippen LogP contribution < -0.4 is 25.0 Å². The molecule has 0 bridgehead atoms. The Kier molecular flexibility index (Phi) is 6.92. The summed E-state index contributed by atoms with van der Waals surface area (Å²) < 4.78 is 38.0. The minimum atomic E-state index is -3.63. The van der Waals surface area contributed by atoms with Crippen molar-refractivity contribution in [1.29, 1.82) is 0 Å². The number of aromatic nitrogens is 2. The zero-order valence-corrected chi connectivity index (χ0v) is 19.2. The van der Waals surface area contributed by atoms with Crippen LogP contribution in [0.15, 0.2) is 59.6 Å². The number of methoxy groups -OCH3 is 1. The second-order valence-corrected chi connectivity index (χ2v) is 9.06. The third-order valence-corrected chi connectivity index (χ3v) is 6.64. The van der Waals surface area contributed by atoms with Crippen molar-refractivity contribution < 1.29 is 17.9 Å². The third kappa shape index (κ3) is 5.33. The van der Waals surface area contributed by atoms with Gasteiger partial charge in [-0.25, -0.2) is 18.1 Å². The van der Waals surface area contributed by atoms with Crippen LogP contribution in [0.25, 0.3) is 0 Å². The lowest BCUT2D eigenvalue weighted by Crippen LogP contribution is -2.36. The molecule has 174 valence electrons. The number of hydrogen-bond donors (Lipinski definition) is 3. The first-order chi connectivity index (χ1) is 16.0. The van der Waals surface area contributed by atoms with Gasteiger partial charge in [0.1, 0.15) is 16.5 Å². The minimum absolute atomic E-state index is 0.126. The molecule has 1 aliphatic rings. The van der Waals surface area contributed by atoms with Gasteiger partial charge in [0.05, 0.1) is 31.7 Å². The van der Waals surface area contributed by atoms with Crippen molar-refractivity contribution >= 4 is 38.9 Å². The fourth-order valence-electron chi connectivity index (χ4n) is 3.46. The summed E-state index contributed by atoms with van der Waals surface area (Å²) in [6.07, 6.45) is 1.58. The summed E-state index contributed by atoms with van der Waals surface area (Å²) in [5.74, 6) is 1.44. The van der Waals surface area contributed by atoms with Gasteiger partial charge in [0.25, 0.3) is 0 Å². The van der Waals surface area contributed by atoms with Gasteiger partial charge < -0.3 is 25.0 Å². The van der Waals surface area contributed by atoms with E-state index in [0.29, 0.717) is 42.1 Å². The Bertz CT molecular complexity index is 1220. The van der Waals surface area contributed by atoms with E-state index >= 15 is 0 Å². The Morgan fingerprint density at radius 3 is 2.58 bits per heavy atom. The number of sulfonamides is 1. The highest BCUT2D eigenvalue weighted by Crippen LogP contribution is 2.32. The first-order valence-electron chi connectivity index (χ1n) is 10.4. The van der Waals surface area contributed by atoms with E-state index in [1.807, 2.05) is 18.2 Å². The summed E-state index contributed by atoms with van der Waals surface area (Å²) in [7, 11) is -0.646. The molecule has 0 unspecified atom stereocenters. The average molecular weight is 471 g/mol. The molecule has 11 heteroatoms. The lowest BCUT2D eigenvalue weighted by molar-refractivity contribution is 0.122. The molecule has 3 aromatic rings. The van der Waals surface area contributed by atoms with Gasteiger partial charge in [0.15, 0.2) is 0 Å². The SMILES string of the molecule is CNS(=O)(=O)c1ccccc1Nc1ccnc(Nc2ccc(N3CCOCC3)cc2OC)n1. The lowest BCUT2D eigenvalue weighted by Gasteiger charge is -2.29. The van der Waals surface area contributed by atoms with Gasteiger partial charge >= 0.3 is 0 Å². The number of ether oxygens (including phenoxy) is 2. The molecule has 1 saturated heterocycles. The van der Waals surface area contributed by atoms with Crippen molar-refractivity contribution in [2.24, 2.45) is 0 Å². The Labute approximate surface area is 193 Å².